The van der Waals surface area contributed by atoms with E-state index in [1.165, 1.54) is 14.0 Å². The lowest BCUT2D eigenvalue weighted by molar-refractivity contribution is -0.144. The van der Waals surface area contributed by atoms with E-state index >= 15 is 0 Å². The van der Waals surface area contributed by atoms with Crippen LogP contribution >= 0.6 is 0 Å². The Labute approximate surface area is 144 Å². The fourth-order valence-corrected chi connectivity index (χ4v) is 2.26. The Hall–Kier alpha value is -3.22. The highest BCUT2D eigenvalue weighted by molar-refractivity contribution is 5.87. The smallest absolute Gasteiger partial charge is 0.344 e. The molecule has 1 aliphatic heterocycles. The molecule has 0 aliphatic carbocycles. The molecule has 0 aromatic heterocycles. The Bertz CT molecular complexity index is 817. The van der Waals surface area contributed by atoms with Gasteiger partial charge in [0.1, 0.15) is 0 Å². The number of aliphatic carboxylic acids is 1. The van der Waals surface area contributed by atoms with Gasteiger partial charge in [-0.05, 0) is 31.2 Å². The number of benzene rings is 2. The van der Waals surface area contributed by atoms with Crippen LogP contribution in [-0.2, 0) is 4.79 Å². The third-order valence-electron chi connectivity index (χ3n) is 3.58. The van der Waals surface area contributed by atoms with Gasteiger partial charge in [0.2, 0.25) is 6.79 Å². The Kier molecular flexibility index (Phi) is 4.74. The summed E-state index contributed by atoms with van der Waals surface area (Å²) in [6.07, 6.45) is 0.568. The van der Waals surface area contributed by atoms with Crippen LogP contribution in [0.25, 0.3) is 0 Å². The van der Waals surface area contributed by atoms with Crippen molar-refractivity contribution in [3.63, 3.8) is 0 Å². The van der Waals surface area contributed by atoms with Crippen molar-refractivity contribution in [2.24, 2.45) is 4.99 Å². The Morgan fingerprint density at radius 2 is 2.08 bits per heavy atom. The summed E-state index contributed by atoms with van der Waals surface area (Å²) in [7, 11) is 1.49. The van der Waals surface area contributed by atoms with Gasteiger partial charge in [0.05, 0.1) is 12.8 Å². The number of fused-ring (bicyclic) bond motifs is 1. The normalized spacial score (nSPS) is 13.7. The van der Waals surface area contributed by atoms with Crippen molar-refractivity contribution in [1.29, 1.82) is 0 Å². The highest BCUT2D eigenvalue weighted by Crippen LogP contribution is 2.36. The van der Waals surface area contributed by atoms with Crippen LogP contribution in [0.15, 0.2) is 41.4 Å². The van der Waals surface area contributed by atoms with Crippen LogP contribution in [0.5, 0.6) is 23.0 Å². The molecular weight excluding hydrogens is 326 g/mol. The fourth-order valence-electron chi connectivity index (χ4n) is 2.26. The minimum Gasteiger partial charge on any atom is -0.493 e. The van der Waals surface area contributed by atoms with E-state index in [0.29, 0.717) is 34.2 Å². The van der Waals surface area contributed by atoms with Crippen molar-refractivity contribution in [1.82, 2.24) is 0 Å². The average molecular weight is 343 g/mol. The second-order valence-electron chi connectivity index (χ2n) is 5.27. The Morgan fingerprint density at radius 3 is 2.84 bits per heavy atom. The van der Waals surface area contributed by atoms with E-state index in [9.17, 15) is 4.79 Å². The average Bonchev–Trinajstić information content (AvgIpc) is 3.08. The number of carbonyl (C=O) groups is 1. The van der Waals surface area contributed by atoms with Gasteiger partial charge in [-0.2, -0.15) is 0 Å². The SMILES string of the molecule is COc1cccc(C=Nc2ccc3c(c2)OCO3)c1O[C@H](C)C(=O)O. The van der Waals surface area contributed by atoms with E-state index in [4.69, 9.17) is 24.1 Å². The summed E-state index contributed by atoms with van der Waals surface area (Å²) in [5, 5.41) is 9.07. The van der Waals surface area contributed by atoms with Gasteiger partial charge in [0.25, 0.3) is 0 Å². The highest BCUT2D eigenvalue weighted by atomic mass is 16.7. The summed E-state index contributed by atoms with van der Waals surface area (Å²) in [5.74, 6) is 1.01. The number of carboxylic acids is 1. The summed E-state index contributed by atoms with van der Waals surface area (Å²) in [4.78, 5) is 15.5. The molecule has 0 spiro atoms. The zero-order chi connectivity index (χ0) is 17.8. The molecule has 0 saturated heterocycles. The third-order valence-corrected chi connectivity index (χ3v) is 3.58. The largest absolute Gasteiger partial charge is 0.493 e. The number of hydrogen-bond acceptors (Lipinski definition) is 6. The number of aliphatic imine (C=N–C) groups is 1. The quantitative estimate of drug-likeness (QED) is 0.811. The number of para-hydroxylation sites is 1. The van der Waals surface area contributed by atoms with Crippen molar-refractivity contribution in [2.45, 2.75) is 13.0 Å². The molecule has 3 rings (SSSR count). The Morgan fingerprint density at radius 1 is 1.28 bits per heavy atom. The summed E-state index contributed by atoms with van der Waals surface area (Å²) >= 11 is 0. The summed E-state index contributed by atoms with van der Waals surface area (Å²) < 4.78 is 21.4. The first kappa shape index (κ1) is 16.6. The van der Waals surface area contributed by atoms with Crippen molar-refractivity contribution in [2.75, 3.05) is 13.9 Å². The molecule has 130 valence electrons. The lowest BCUT2D eigenvalue weighted by Crippen LogP contribution is -2.23. The molecule has 0 bridgehead atoms. The van der Waals surface area contributed by atoms with Crippen molar-refractivity contribution < 1.29 is 28.8 Å². The number of rotatable bonds is 6. The van der Waals surface area contributed by atoms with E-state index in [0.717, 1.165) is 0 Å². The first-order valence-electron chi connectivity index (χ1n) is 7.58. The van der Waals surface area contributed by atoms with Crippen LogP contribution in [0.4, 0.5) is 5.69 Å². The molecule has 2 aromatic rings. The van der Waals surface area contributed by atoms with Crippen molar-refractivity contribution in [3.05, 3.63) is 42.0 Å². The first-order valence-corrected chi connectivity index (χ1v) is 7.58. The fraction of sp³-hybridized carbons (Fsp3) is 0.222. The van der Waals surface area contributed by atoms with E-state index in [-0.39, 0.29) is 6.79 Å². The number of ether oxygens (including phenoxy) is 4. The van der Waals surface area contributed by atoms with Crippen LogP contribution in [-0.4, -0.2) is 37.3 Å². The van der Waals surface area contributed by atoms with Gasteiger partial charge in [-0.1, -0.05) is 6.07 Å². The second-order valence-corrected chi connectivity index (χ2v) is 5.27. The van der Waals surface area contributed by atoms with Gasteiger partial charge < -0.3 is 24.1 Å². The third kappa shape index (κ3) is 3.65. The molecule has 1 N–H and O–H groups in total. The molecule has 0 fully saturated rings. The van der Waals surface area contributed by atoms with Crippen molar-refractivity contribution >= 4 is 17.9 Å². The number of methoxy groups -OCH3 is 1. The van der Waals surface area contributed by atoms with Crippen LogP contribution in [0.2, 0.25) is 0 Å². The number of nitrogens with zero attached hydrogens (tertiary/aromatic N) is 1. The van der Waals surface area contributed by atoms with Crippen LogP contribution < -0.4 is 18.9 Å². The molecule has 25 heavy (non-hydrogen) atoms. The van der Waals surface area contributed by atoms with E-state index in [1.807, 2.05) is 0 Å². The molecule has 1 aliphatic rings. The molecule has 0 saturated carbocycles. The van der Waals surface area contributed by atoms with Gasteiger partial charge >= 0.3 is 5.97 Å². The van der Waals surface area contributed by atoms with Gasteiger partial charge in [-0.15, -0.1) is 0 Å². The van der Waals surface area contributed by atoms with Gasteiger partial charge in [0, 0.05) is 17.8 Å². The van der Waals surface area contributed by atoms with Gasteiger partial charge in [-0.3, -0.25) is 4.99 Å². The second kappa shape index (κ2) is 7.12. The van der Waals surface area contributed by atoms with E-state index in [2.05, 4.69) is 4.99 Å². The van der Waals surface area contributed by atoms with Gasteiger partial charge in [0.15, 0.2) is 29.1 Å². The maximum absolute atomic E-state index is 11.1. The highest BCUT2D eigenvalue weighted by Gasteiger charge is 2.18. The summed E-state index contributed by atoms with van der Waals surface area (Å²) in [6, 6.07) is 10.6. The first-order chi connectivity index (χ1) is 12.1. The topological polar surface area (TPSA) is 86.6 Å². The maximum Gasteiger partial charge on any atom is 0.344 e. The molecule has 7 nitrogen and oxygen atoms in total. The van der Waals surface area contributed by atoms with Gasteiger partial charge in [-0.25, -0.2) is 4.79 Å². The summed E-state index contributed by atoms with van der Waals surface area (Å²) in [5.41, 5.74) is 1.27. The van der Waals surface area contributed by atoms with Crippen molar-refractivity contribution in [3.8, 4) is 23.0 Å². The molecule has 7 heteroatoms. The molecule has 0 unspecified atom stereocenters. The van der Waals surface area contributed by atoms with Crippen LogP contribution in [0, 0.1) is 0 Å². The standard InChI is InChI=1S/C18H17NO6/c1-11(18(20)21)25-17-12(4-3-5-15(17)22-2)9-19-13-6-7-14-16(8-13)24-10-23-14/h3-9,11H,10H2,1-2H3,(H,20,21)/t11-/m1/s1. The zero-order valence-electron chi connectivity index (χ0n) is 13.8. The summed E-state index contributed by atoms with van der Waals surface area (Å²) in [6.45, 7) is 1.65. The molecule has 1 atom stereocenters. The molecular formula is C18H17NO6. The molecule has 1 heterocycles. The van der Waals surface area contributed by atoms with Crippen LogP contribution in [0.3, 0.4) is 0 Å². The monoisotopic (exact) mass is 343 g/mol. The molecule has 2 aromatic carbocycles. The minimum absolute atomic E-state index is 0.198. The minimum atomic E-state index is -1.07. The molecule has 0 radical (unpaired) electrons. The number of carboxylic acid groups (broad SMARTS) is 1. The predicted molar refractivity (Wildman–Crippen MR) is 90.5 cm³/mol. The van der Waals surface area contributed by atoms with E-state index in [1.54, 1.807) is 42.6 Å². The predicted octanol–water partition coefficient (Wildman–Crippen LogP) is 3.03. The molecule has 0 amide bonds. The maximum atomic E-state index is 11.1. The zero-order valence-corrected chi connectivity index (χ0v) is 13.8. The lowest BCUT2D eigenvalue weighted by Gasteiger charge is -2.15. The number of hydrogen-bond donors (Lipinski definition) is 1. The van der Waals surface area contributed by atoms with E-state index < -0.39 is 12.1 Å². The van der Waals surface area contributed by atoms with Crippen LogP contribution in [0.1, 0.15) is 12.5 Å². The Balaban J connectivity index is 1.89. The lowest BCUT2D eigenvalue weighted by atomic mass is 10.2.